The van der Waals surface area contributed by atoms with E-state index in [2.05, 4.69) is 20.1 Å². The highest BCUT2D eigenvalue weighted by atomic mass is 16.5. The van der Waals surface area contributed by atoms with Gasteiger partial charge in [0.2, 0.25) is 5.76 Å². The fraction of sp³-hybridized carbons (Fsp3) is 0.273. The molecule has 2 rings (SSSR count). The molecule has 0 fully saturated rings. The van der Waals surface area contributed by atoms with Crippen molar-refractivity contribution in [2.24, 2.45) is 0 Å². The minimum absolute atomic E-state index is 0.0651. The Hall–Kier alpha value is -2.64. The first-order valence-corrected chi connectivity index (χ1v) is 5.54. The number of nitrogens with zero attached hydrogens (tertiary/aromatic N) is 3. The van der Waals surface area contributed by atoms with Gasteiger partial charge < -0.3 is 14.9 Å². The molecule has 0 aromatic carbocycles. The molecule has 1 unspecified atom stereocenters. The third-order valence-electron chi connectivity index (χ3n) is 2.35. The van der Waals surface area contributed by atoms with E-state index in [0.29, 0.717) is 6.54 Å². The van der Waals surface area contributed by atoms with Gasteiger partial charge in [-0.1, -0.05) is 5.16 Å². The van der Waals surface area contributed by atoms with Crippen molar-refractivity contribution in [3.63, 3.8) is 0 Å². The number of hydrogen-bond acceptors (Lipinski definition) is 5. The largest absolute Gasteiger partial charge is 0.475 e. The van der Waals surface area contributed by atoms with E-state index >= 15 is 0 Å². The summed E-state index contributed by atoms with van der Waals surface area (Å²) in [6.07, 6.45) is 3.42. The maximum absolute atomic E-state index is 11.8. The second kappa shape index (κ2) is 5.34. The maximum atomic E-state index is 11.8. The van der Waals surface area contributed by atoms with Crippen LogP contribution < -0.4 is 5.32 Å². The molecule has 0 spiro atoms. The van der Waals surface area contributed by atoms with Crippen molar-refractivity contribution in [3.05, 3.63) is 36.0 Å². The third kappa shape index (κ3) is 3.18. The first-order valence-electron chi connectivity index (χ1n) is 5.54. The number of aromatic nitrogens is 3. The van der Waals surface area contributed by atoms with E-state index in [-0.39, 0.29) is 17.5 Å². The number of amides is 1. The first-order chi connectivity index (χ1) is 9.06. The molecule has 8 nitrogen and oxygen atoms in total. The molecule has 8 heteroatoms. The SMILES string of the molecule is CC(Cn1cccn1)NC(=O)c1cc(C(=O)O)on1. The molecule has 100 valence electrons. The number of aromatic carboxylic acids is 1. The van der Waals surface area contributed by atoms with Gasteiger partial charge in [-0.15, -0.1) is 0 Å². The molecule has 1 atom stereocenters. The van der Waals surface area contributed by atoms with Gasteiger partial charge in [0.05, 0.1) is 6.54 Å². The lowest BCUT2D eigenvalue weighted by molar-refractivity contribution is 0.0651. The van der Waals surface area contributed by atoms with Crippen LogP contribution in [0.2, 0.25) is 0 Å². The van der Waals surface area contributed by atoms with E-state index in [1.807, 2.05) is 0 Å². The van der Waals surface area contributed by atoms with Crippen LogP contribution in [0.1, 0.15) is 28.0 Å². The van der Waals surface area contributed by atoms with Gasteiger partial charge in [-0.05, 0) is 13.0 Å². The number of carbonyl (C=O) groups excluding carboxylic acids is 1. The van der Waals surface area contributed by atoms with Gasteiger partial charge in [0.25, 0.3) is 5.91 Å². The monoisotopic (exact) mass is 264 g/mol. The van der Waals surface area contributed by atoms with Gasteiger partial charge in [-0.25, -0.2) is 4.79 Å². The van der Waals surface area contributed by atoms with E-state index in [4.69, 9.17) is 5.11 Å². The molecule has 2 aromatic heterocycles. The lowest BCUT2D eigenvalue weighted by Gasteiger charge is -2.12. The van der Waals surface area contributed by atoms with E-state index in [1.165, 1.54) is 0 Å². The summed E-state index contributed by atoms with van der Waals surface area (Å²) >= 11 is 0. The molecule has 0 saturated carbocycles. The topological polar surface area (TPSA) is 110 Å². The smallest absolute Gasteiger partial charge is 0.374 e. The summed E-state index contributed by atoms with van der Waals surface area (Å²) in [7, 11) is 0. The fourth-order valence-electron chi connectivity index (χ4n) is 1.52. The Bertz CT molecular complexity index is 575. The van der Waals surface area contributed by atoms with Crippen LogP contribution in [0.15, 0.2) is 29.0 Å². The zero-order valence-electron chi connectivity index (χ0n) is 10.1. The average molecular weight is 264 g/mol. The Kier molecular flexibility index (Phi) is 3.60. The molecular weight excluding hydrogens is 252 g/mol. The summed E-state index contributed by atoms with van der Waals surface area (Å²) in [5.74, 6) is -2.13. The first kappa shape index (κ1) is 12.8. The molecule has 0 radical (unpaired) electrons. The van der Waals surface area contributed by atoms with Crippen LogP contribution in [0.5, 0.6) is 0 Å². The molecule has 0 bridgehead atoms. The van der Waals surface area contributed by atoms with Gasteiger partial charge in [0.15, 0.2) is 5.69 Å². The zero-order chi connectivity index (χ0) is 13.8. The van der Waals surface area contributed by atoms with Crippen LogP contribution in [-0.4, -0.2) is 38.0 Å². The van der Waals surface area contributed by atoms with E-state index in [0.717, 1.165) is 6.07 Å². The van der Waals surface area contributed by atoms with Crippen molar-refractivity contribution in [1.82, 2.24) is 20.3 Å². The lowest BCUT2D eigenvalue weighted by atomic mass is 10.3. The quantitative estimate of drug-likeness (QED) is 0.808. The highest BCUT2D eigenvalue weighted by molar-refractivity contribution is 5.94. The molecule has 1 amide bonds. The predicted octanol–water partition coefficient (Wildman–Crippen LogP) is 0.388. The van der Waals surface area contributed by atoms with E-state index in [1.54, 1.807) is 30.1 Å². The van der Waals surface area contributed by atoms with Crippen molar-refractivity contribution in [1.29, 1.82) is 0 Å². The van der Waals surface area contributed by atoms with Crippen LogP contribution in [0, 0.1) is 0 Å². The molecule has 2 N–H and O–H groups in total. The lowest BCUT2D eigenvalue weighted by Crippen LogP contribution is -2.35. The molecule has 0 aliphatic heterocycles. The molecular formula is C11H12N4O4. The average Bonchev–Trinajstić information content (AvgIpc) is 2.98. The Morgan fingerprint density at radius 2 is 2.37 bits per heavy atom. The second-order valence-electron chi connectivity index (χ2n) is 3.98. The van der Waals surface area contributed by atoms with Crippen LogP contribution in [-0.2, 0) is 6.54 Å². The summed E-state index contributed by atoms with van der Waals surface area (Å²) in [5.41, 5.74) is -0.0651. The molecule has 19 heavy (non-hydrogen) atoms. The Morgan fingerprint density at radius 1 is 1.58 bits per heavy atom. The normalized spacial score (nSPS) is 12.1. The van der Waals surface area contributed by atoms with Crippen molar-refractivity contribution in [2.75, 3.05) is 0 Å². The number of carboxylic acid groups (broad SMARTS) is 1. The standard InChI is InChI=1S/C11H12N4O4/c1-7(6-15-4-2-3-12-15)13-10(16)8-5-9(11(17)18)19-14-8/h2-5,7H,6H2,1H3,(H,13,16)(H,17,18). The number of rotatable bonds is 5. The molecule has 0 aliphatic rings. The van der Waals surface area contributed by atoms with Crippen molar-refractivity contribution < 1.29 is 19.2 Å². The summed E-state index contributed by atoms with van der Waals surface area (Å²) < 4.78 is 6.18. The third-order valence-corrected chi connectivity index (χ3v) is 2.35. The maximum Gasteiger partial charge on any atom is 0.374 e. The fourth-order valence-corrected chi connectivity index (χ4v) is 1.52. The van der Waals surface area contributed by atoms with Crippen LogP contribution in [0.25, 0.3) is 0 Å². The molecule has 0 aliphatic carbocycles. The number of carbonyl (C=O) groups is 2. The van der Waals surface area contributed by atoms with E-state index in [9.17, 15) is 9.59 Å². The Morgan fingerprint density at radius 3 is 2.95 bits per heavy atom. The predicted molar refractivity (Wildman–Crippen MR) is 62.6 cm³/mol. The van der Waals surface area contributed by atoms with E-state index < -0.39 is 11.9 Å². The minimum atomic E-state index is -1.27. The minimum Gasteiger partial charge on any atom is -0.475 e. The summed E-state index contributed by atoms with van der Waals surface area (Å²) in [6.45, 7) is 2.31. The summed E-state index contributed by atoms with van der Waals surface area (Å²) in [4.78, 5) is 22.4. The summed E-state index contributed by atoms with van der Waals surface area (Å²) in [5, 5.41) is 18.7. The van der Waals surface area contributed by atoms with Gasteiger partial charge in [0.1, 0.15) is 0 Å². The highest BCUT2D eigenvalue weighted by Gasteiger charge is 2.18. The van der Waals surface area contributed by atoms with Crippen molar-refractivity contribution >= 4 is 11.9 Å². The Balaban J connectivity index is 1.94. The Labute approximate surface area is 108 Å². The van der Waals surface area contributed by atoms with Crippen LogP contribution in [0.4, 0.5) is 0 Å². The molecule has 0 saturated heterocycles. The zero-order valence-corrected chi connectivity index (χ0v) is 10.1. The number of carboxylic acids is 1. The van der Waals surface area contributed by atoms with Gasteiger partial charge in [0, 0.05) is 24.5 Å². The second-order valence-corrected chi connectivity index (χ2v) is 3.98. The number of hydrogen-bond donors (Lipinski definition) is 2. The van der Waals surface area contributed by atoms with Gasteiger partial charge >= 0.3 is 5.97 Å². The van der Waals surface area contributed by atoms with Crippen LogP contribution in [0.3, 0.4) is 0 Å². The van der Waals surface area contributed by atoms with Gasteiger partial charge in [-0.3, -0.25) is 9.48 Å². The molecule has 2 aromatic rings. The van der Waals surface area contributed by atoms with Gasteiger partial charge in [-0.2, -0.15) is 5.10 Å². The van der Waals surface area contributed by atoms with Crippen molar-refractivity contribution in [3.8, 4) is 0 Å². The van der Waals surface area contributed by atoms with Crippen molar-refractivity contribution in [2.45, 2.75) is 19.5 Å². The highest BCUT2D eigenvalue weighted by Crippen LogP contribution is 2.04. The number of nitrogens with one attached hydrogen (secondary N) is 1. The summed E-state index contributed by atoms with van der Waals surface area (Å²) in [6, 6.07) is 2.68. The molecule has 2 heterocycles. The van der Waals surface area contributed by atoms with Crippen LogP contribution >= 0.6 is 0 Å².